The number of hydrogen-bond donors (Lipinski definition) is 1. The molecule has 1 heterocycles. The molecular weight excluding hydrogens is 450 g/mol. The number of hydrogen-bond acceptors (Lipinski definition) is 7. The minimum Gasteiger partial charge on any atom is -0.497 e. The molecule has 0 aromatic heterocycles. The van der Waals surface area contributed by atoms with E-state index in [0.717, 1.165) is 16.9 Å². The Morgan fingerprint density at radius 2 is 1.88 bits per heavy atom. The number of amides is 1. The van der Waals surface area contributed by atoms with Crippen LogP contribution in [0.5, 0.6) is 17.2 Å². The minimum absolute atomic E-state index is 0.00864. The van der Waals surface area contributed by atoms with Gasteiger partial charge in [0.1, 0.15) is 16.7 Å². The quantitative estimate of drug-likeness (QED) is 0.403. The molecule has 0 atom stereocenters. The summed E-state index contributed by atoms with van der Waals surface area (Å²) in [5, 5.41) is 8.78. The summed E-state index contributed by atoms with van der Waals surface area (Å²) >= 11 is 6.49. The molecule has 0 bridgehead atoms. The third kappa shape index (κ3) is 6.02. The van der Waals surface area contributed by atoms with Gasteiger partial charge >= 0.3 is 5.97 Å². The number of methoxy groups -OCH3 is 2. The molecule has 0 radical (unpaired) electrons. The highest BCUT2D eigenvalue weighted by molar-refractivity contribution is 8.26. The molecule has 1 aliphatic rings. The topological polar surface area (TPSA) is 85.3 Å². The van der Waals surface area contributed by atoms with Crippen molar-refractivity contribution >= 4 is 46.3 Å². The third-order valence-corrected chi connectivity index (χ3v) is 6.06. The third-order valence-electron chi connectivity index (χ3n) is 4.68. The van der Waals surface area contributed by atoms with Gasteiger partial charge in [-0.15, -0.1) is 0 Å². The van der Waals surface area contributed by atoms with Crippen LogP contribution in [0.15, 0.2) is 47.4 Å². The fourth-order valence-corrected chi connectivity index (χ4v) is 4.32. The average molecular weight is 474 g/mol. The smallest absolute Gasteiger partial charge is 0.303 e. The monoisotopic (exact) mass is 473 g/mol. The summed E-state index contributed by atoms with van der Waals surface area (Å²) in [5.74, 6) is 0.797. The van der Waals surface area contributed by atoms with Gasteiger partial charge in [-0.3, -0.25) is 14.5 Å². The summed E-state index contributed by atoms with van der Waals surface area (Å²) in [6.07, 6.45) is 2.08. The van der Waals surface area contributed by atoms with Crippen molar-refractivity contribution in [1.29, 1.82) is 0 Å². The maximum absolute atomic E-state index is 12.7. The van der Waals surface area contributed by atoms with E-state index < -0.39 is 5.97 Å². The van der Waals surface area contributed by atoms with Crippen LogP contribution in [0.3, 0.4) is 0 Å². The number of nitrogens with zero attached hydrogens (tertiary/aromatic N) is 1. The van der Waals surface area contributed by atoms with E-state index in [4.69, 9.17) is 31.5 Å². The van der Waals surface area contributed by atoms with E-state index in [0.29, 0.717) is 33.8 Å². The second-order valence-electron chi connectivity index (χ2n) is 6.88. The minimum atomic E-state index is -0.896. The van der Waals surface area contributed by atoms with E-state index in [1.54, 1.807) is 32.4 Å². The highest BCUT2D eigenvalue weighted by Crippen LogP contribution is 2.35. The molecule has 1 aliphatic heterocycles. The van der Waals surface area contributed by atoms with E-state index in [1.807, 2.05) is 30.3 Å². The molecule has 1 N–H and O–H groups in total. The van der Waals surface area contributed by atoms with Gasteiger partial charge in [-0.05, 0) is 47.9 Å². The number of rotatable bonds is 10. The Balaban J connectivity index is 1.68. The summed E-state index contributed by atoms with van der Waals surface area (Å²) in [6, 6.07) is 13.0. The van der Waals surface area contributed by atoms with Crippen LogP contribution in [-0.2, 0) is 16.2 Å². The van der Waals surface area contributed by atoms with Crippen LogP contribution in [0.25, 0.3) is 6.08 Å². The lowest BCUT2D eigenvalue weighted by Crippen LogP contribution is -2.29. The first-order valence-electron chi connectivity index (χ1n) is 9.82. The lowest BCUT2D eigenvalue weighted by Gasteiger charge is -2.13. The maximum atomic E-state index is 12.7. The predicted octanol–water partition coefficient (Wildman–Crippen LogP) is 4.35. The van der Waals surface area contributed by atoms with Crippen molar-refractivity contribution in [3.8, 4) is 17.2 Å². The van der Waals surface area contributed by atoms with Crippen molar-refractivity contribution in [3.63, 3.8) is 0 Å². The molecule has 1 saturated heterocycles. The zero-order chi connectivity index (χ0) is 23.1. The summed E-state index contributed by atoms with van der Waals surface area (Å²) in [5.41, 5.74) is 1.76. The number of carbonyl (C=O) groups excluding carboxylic acids is 1. The summed E-state index contributed by atoms with van der Waals surface area (Å²) in [6.45, 7) is 0.657. The molecule has 2 aromatic rings. The number of thioether (sulfide) groups is 1. The highest BCUT2D eigenvalue weighted by Gasteiger charge is 2.31. The van der Waals surface area contributed by atoms with Crippen LogP contribution in [-0.4, -0.2) is 47.0 Å². The van der Waals surface area contributed by atoms with E-state index in [1.165, 1.54) is 16.7 Å². The molecule has 168 valence electrons. The van der Waals surface area contributed by atoms with Crippen molar-refractivity contribution in [1.82, 2.24) is 4.90 Å². The van der Waals surface area contributed by atoms with E-state index in [9.17, 15) is 9.59 Å². The van der Waals surface area contributed by atoms with Crippen molar-refractivity contribution < 1.29 is 28.9 Å². The fourth-order valence-electron chi connectivity index (χ4n) is 3.01. The van der Waals surface area contributed by atoms with E-state index in [2.05, 4.69) is 0 Å². The Hall–Kier alpha value is -3.04. The van der Waals surface area contributed by atoms with Gasteiger partial charge in [-0.1, -0.05) is 42.2 Å². The molecule has 9 heteroatoms. The van der Waals surface area contributed by atoms with Gasteiger partial charge < -0.3 is 19.3 Å². The fraction of sp³-hybridized carbons (Fsp3) is 0.261. The Morgan fingerprint density at radius 3 is 2.53 bits per heavy atom. The predicted molar refractivity (Wildman–Crippen MR) is 127 cm³/mol. The molecule has 0 unspecified atom stereocenters. The number of carbonyl (C=O) groups is 2. The molecule has 1 amide bonds. The molecule has 0 aliphatic carbocycles. The van der Waals surface area contributed by atoms with E-state index in [-0.39, 0.29) is 18.9 Å². The summed E-state index contributed by atoms with van der Waals surface area (Å²) in [7, 11) is 3.18. The number of carboxylic acid groups (broad SMARTS) is 1. The van der Waals surface area contributed by atoms with Crippen molar-refractivity contribution in [2.24, 2.45) is 0 Å². The largest absolute Gasteiger partial charge is 0.497 e. The summed E-state index contributed by atoms with van der Waals surface area (Å²) < 4.78 is 16.9. The van der Waals surface area contributed by atoms with Crippen molar-refractivity contribution in [2.75, 3.05) is 20.8 Å². The first kappa shape index (κ1) is 23.6. The molecule has 3 rings (SSSR count). The van der Waals surface area contributed by atoms with E-state index >= 15 is 0 Å². The van der Waals surface area contributed by atoms with Gasteiger partial charge in [0.2, 0.25) is 0 Å². The maximum Gasteiger partial charge on any atom is 0.303 e. The molecule has 7 nitrogen and oxygen atoms in total. The Kier molecular flexibility index (Phi) is 8.13. The number of aliphatic carboxylic acids is 1. The molecular formula is C23H23NO6S2. The first-order chi connectivity index (χ1) is 15.4. The lowest BCUT2D eigenvalue weighted by molar-refractivity contribution is -0.137. The van der Waals surface area contributed by atoms with Gasteiger partial charge in [0.15, 0.2) is 11.5 Å². The Morgan fingerprint density at radius 1 is 1.12 bits per heavy atom. The molecule has 2 aromatic carbocycles. The highest BCUT2D eigenvalue weighted by atomic mass is 32.2. The zero-order valence-electron chi connectivity index (χ0n) is 17.7. The molecule has 32 heavy (non-hydrogen) atoms. The van der Waals surface area contributed by atoms with Crippen LogP contribution in [0.1, 0.15) is 24.0 Å². The van der Waals surface area contributed by atoms with Crippen LogP contribution < -0.4 is 14.2 Å². The number of ether oxygens (including phenoxy) is 3. The van der Waals surface area contributed by atoms with Gasteiger partial charge in [0.25, 0.3) is 5.91 Å². The first-order valence-corrected chi connectivity index (χ1v) is 11.0. The molecule has 0 spiro atoms. The zero-order valence-corrected chi connectivity index (χ0v) is 19.3. The van der Waals surface area contributed by atoms with Crippen molar-refractivity contribution in [2.45, 2.75) is 19.4 Å². The SMILES string of the molecule is COc1ccc(COc2ccc(C=C3SC(=S)N(CCCC(=O)O)C3=O)cc2OC)cc1. The van der Waals surface area contributed by atoms with Crippen LogP contribution >= 0.6 is 24.0 Å². The number of thiocarbonyl (C=S) groups is 1. The van der Waals surface area contributed by atoms with Gasteiger partial charge in [-0.25, -0.2) is 0 Å². The van der Waals surface area contributed by atoms with Crippen LogP contribution in [0, 0.1) is 0 Å². The molecule has 1 fully saturated rings. The second-order valence-corrected chi connectivity index (χ2v) is 8.55. The standard InChI is InChI=1S/C23H23NO6S2/c1-28-17-8-5-15(6-9-17)14-30-18-10-7-16(12-19(18)29-2)13-20-22(27)24(23(31)32-20)11-3-4-21(25)26/h5-10,12-13H,3-4,11,14H2,1-2H3,(H,25,26). The Bertz CT molecular complexity index is 1040. The molecule has 0 saturated carbocycles. The van der Waals surface area contributed by atoms with Gasteiger partial charge in [0.05, 0.1) is 19.1 Å². The average Bonchev–Trinajstić information content (AvgIpc) is 3.05. The number of carboxylic acids is 1. The van der Waals surface area contributed by atoms with Gasteiger partial charge in [-0.2, -0.15) is 0 Å². The normalized spacial score (nSPS) is 14.7. The van der Waals surface area contributed by atoms with Crippen LogP contribution in [0.4, 0.5) is 0 Å². The number of benzene rings is 2. The summed E-state index contributed by atoms with van der Waals surface area (Å²) in [4.78, 5) is 25.3. The van der Waals surface area contributed by atoms with Gasteiger partial charge in [0, 0.05) is 13.0 Å². The second kappa shape index (κ2) is 11.0. The Labute approximate surface area is 196 Å². The lowest BCUT2D eigenvalue weighted by atomic mass is 10.1. The van der Waals surface area contributed by atoms with Crippen LogP contribution in [0.2, 0.25) is 0 Å². The van der Waals surface area contributed by atoms with Crippen molar-refractivity contribution in [3.05, 3.63) is 58.5 Å².